The summed E-state index contributed by atoms with van der Waals surface area (Å²) < 4.78 is 0. The molecule has 1 heterocycles. The second-order valence-electron chi connectivity index (χ2n) is 6.92. The number of rotatable bonds is 4. The van der Waals surface area contributed by atoms with Crippen molar-refractivity contribution in [1.82, 2.24) is 9.80 Å². The average Bonchev–Trinajstić information content (AvgIpc) is 2.20. The molecule has 1 aliphatic heterocycles. The summed E-state index contributed by atoms with van der Waals surface area (Å²) in [6.07, 6.45) is 0.237. The molecule has 0 aromatic heterocycles. The van der Waals surface area contributed by atoms with Gasteiger partial charge in [-0.3, -0.25) is 4.79 Å². The molecule has 0 aromatic carbocycles. The number of hydrogen-bond donors (Lipinski definition) is 1. The Hall–Kier alpha value is -0.610. The SMILES string of the molecule is CC(C)CN1CC(CC(=O)O)N(C)CC(C)(C)C1. The number of nitrogens with zero attached hydrogens (tertiary/aromatic N) is 2. The summed E-state index contributed by atoms with van der Waals surface area (Å²) in [6, 6.07) is 0.128. The van der Waals surface area contributed by atoms with Crippen molar-refractivity contribution < 1.29 is 9.90 Å². The highest BCUT2D eigenvalue weighted by atomic mass is 16.4. The van der Waals surface area contributed by atoms with Gasteiger partial charge in [-0.25, -0.2) is 0 Å². The second kappa shape index (κ2) is 6.02. The van der Waals surface area contributed by atoms with Gasteiger partial charge in [0.25, 0.3) is 0 Å². The zero-order chi connectivity index (χ0) is 13.9. The van der Waals surface area contributed by atoms with E-state index in [1.54, 1.807) is 0 Å². The van der Waals surface area contributed by atoms with Crippen LogP contribution in [0.3, 0.4) is 0 Å². The van der Waals surface area contributed by atoms with Crippen LogP contribution < -0.4 is 0 Å². The van der Waals surface area contributed by atoms with Gasteiger partial charge in [0.05, 0.1) is 6.42 Å². The minimum absolute atomic E-state index is 0.128. The average molecular weight is 256 g/mol. The molecule has 1 unspecified atom stereocenters. The Morgan fingerprint density at radius 2 is 2.00 bits per heavy atom. The molecule has 4 nitrogen and oxygen atoms in total. The molecule has 0 spiro atoms. The standard InChI is InChI=1S/C14H28N2O2/c1-11(2)7-16-8-12(6-13(17)18)15(5)9-14(3,4)10-16/h11-12H,6-10H2,1-5H3,(H,17,18). The normalized spacial score (nSPS) is 26.2. The molecule has 106 valence electrons. The van der Waals surface area contributed by atoms with Crippen LogP contribution in [0.1, 0.15) is 34.1 Å². The van der Waals surface area contributed by atoms with E-state index < -0.39 is 5.97 Å². The van der Waals surface area contributed by atoms with Crippen LogP contribution in [0.5, 0.6) is 0 Å². The molecular weight excluding hydrogens is 228 g/mol. The topological polar surface area (TPSA) is 43.8 Å². The van der Waals surface area contributed by atoms with Crippen LogP contribution in [0.25, 0.3) is 0 Å². The van der Waals surface area contributed by atoms with E-state index in [0.29, 0.717) is 5.92 Å². The molecule has 1 aliphatic rings. The molecule has 0 aromatic rings. The van der Waals surface area contributed by atoms with Crippen LogP contribution in [0.2, 0.25) is 0 Å². The third-order valence-corrected chi connectivity index (χ3v) is 3.45. The van der Waals surface area contributed by atoms with Crippen molar-refractivity contribution in [3.8, 4) is 0 Å². The van der Waals surface area contributed by atoms with E-state index >= 15 is 0 Å². The molecule has 0 bridgehead atoms. The van der Waals surface area contributed by atoms with Crippen molar-refractivity contribution in [2.24, 2.45) is 11.3 Å². The van der Waals surface area contributed by atoms with Crippen molar-refractivity contribution in [3.63, 3.8) is 0 Å². The first-order valence-corrected chi connectivity index (χ1v) is 6.84. The summed E-state index contributed by atoms with van der Waals surface area (Å²) in [7, 11) is 2.05. The van der Waals surface area contributed by atoms with E-state index in [9.17, 15) is 4.79 Å². The van der Waals surface area contributed by atoms with Gasteiger partial charge >= 0.3 is 5.97 Å². The van der Waals surface area contributed by atoms with Gasteiger partial charge in [-0.15, -0.1) is 0 Å². The minimum atomic E-state index is -0.698. The number of likely N-dealkylation sites (N-methyl/N-ethyl adjacent to an activating group) is 1. The monoisotopic (exact) mass is 256 g/mol. The predicted octanol–water partition coefficient (Wildman–Crippen LogP) is 1.76. The van der Waals surface area contributed by atoms with Gasteiger partial charge in [-0.1, -0.05) is 27.7 Å². The fourth-order valence-corrected chi connectivity index (χ4v) is 3.04. The highest BCUT2D eigenvalue weighted by Crippen LogP contribution is 2.25. The highest BCUT2D eigenvalue weighted by molar-refractivity contribution is 5.67. The summed E-state index contributed by atoms with van der Waals surface area (Å²) in [5.74, 6) is -0.0780. The predicted molar refractivity (Wildman–Crippen MR) is 73.7 cm³/mol. The van der Waals surface area contributed by atoms with Gasteiger partial charge in [0, 0.05) is 32.2 Å². The van der Waals surface area contributed by atoms with Gasteiger partial charge in [0.15, 0.2) is 0 Å². The molecule has 0 radical (unpaired) electrons. The Morgan fingerprint density at radius 1 is 1.39 bits per heavy atom. The molecule has 1 saturated heterocycles. The zero-order valence-electron chi connectivity index (χ0n) is 12.4. The highest BCUT2D eigenvalue weighted by Gasteiger charge is 2.33. The molecule has 1 fully saturated rings. The van der Waals surface area contributed by atoms with E-state index in [0.717, 1.165) is 26.2 Å². The zero-order valence-corrected chi connectivity index (χ0v) is 12.4. The lowest BCUT2D eigenvalue weighted by molar-refractivity contribution is -0.138. The Morgan fingerprint density at radius 3 is 2.50 bits per heavy atom. The smallest absolute Gasteiger partial charge is 0.304 e. The Balaban J connectivity index is 2.77. The van der Waals surface area contributed by atoms with E-state index in [4.69, 9.17) is 5.11 Å². The van der Waals surface area contributed by atoms with Crippen LogP contribution in [0.15, 0.2) is 0 Å². The van der Waals surface area contributed by atoms with E-state index in [1.807, 2.05) is 7.05 Å². The third kappa shape index (κ3) is 4.94. The molecule has 0 saturated carbocycles. The number of carbonyl (C=O) groups is 1. The van der Waals surface area contributed by atoms with Crippen molar-refractivity contribution >= 4 is 5.97 Å². The van der Waals surface area contributed by atoms with E-state index in [-0.39, 0.29) is 17.9 Å². The maximum Gasteiger partial charge on any atom is 0.304 e. The van der Waals surface area contributed by atoms with Crippen LogP contribution in [-0.4, -0.2) is 60.1 Å². The van der Waals surface area contributed by atoms with E-state index in [1.165, 1.54) is 0 Å². The molecular formula is C14H28N2O2. The van der Waals surface area contributed by atoms with Crippen molar-refractivity contribution in [3.05, 3.63) is 0 Å². The molecule has 1 N–H and O–H groups in total. The van der Waals surface area contributed by atoms with Gasteiger partial charge in [-0.2, -0.15) is 0 Å². The van der Waals surface area contributed by atoms with Crippen LogP contribution in [0.4, 0.5) is 0 Å². The Kier molecular flexibility index (Phi) is 5.17. The fourth-order valence-electron chi connectivity index (χ4n) is 3.04. The quantitative estimate of drug-likeness (QED) is 0.832. The number of carboxylic acids is 1. The van der Waals surface area contributed by atoms with E-state index in [2.05, 4.69) is 37.5 Å². The van der Waals surface area contributed by atoms with Crippen molar-refractivity contribution in [1.29, 1.82) is 0 Å². The maximum atomic E-state index is 11.0. The first-order chi connectivity index (χ1) is 8.19. The first kappa shape index (κ1) is 15.4. The Labute approximate surface area is 111 Å². The van der Waals surface area contributed by atoms with Gasteiger partial charge in [-0.05, 0) is 18.4 Å². The molecule has 18 heavy (non-hydrogen) atoms. The maximum absolute atomic E-state index is 11.0. The lowest BCUT2D eigenvalue weighted by Gasteiger charge is -2.30. The Bertz CT molecular complexity index is 290. The molecule has 1 rings (SSSR count). The van der Waals surface area contributed by atoms with Crippen molar-refractivity contribution in [2.75, 3.05) is 33.2 Å². The lowest BCUT2D eigenvalue weighted by atomic mass is 9.92. The molecule has 0 amide bonds. The summed E-state index contributed by atoms with van der Waals surface area (Å²) in [5, 5.41) is 9.03. The largest absolute Gasteiger partial charge is 0.481 e. The molecule has 4 heteroatoms. The fraction of sp³-hybridized carbons (Fsp3) is 0.929. The molecule has 1 atom stereocenters. The van der Waals surface area contributed by atoms with Gasteiger partial charge < -0.3 is 14.9 Å². The summed E-state index contributed by atoms with van der Waals surface area (Å²) in [4.78, 5) is 15.6. The number of aliphatic carboxylic acids is 1. The number of carboxylic acid groups (broad SMARTS) is 1. The van der Waals surface area contributed by atoms with Crippen molar-refractivity contribution in [2.45, 2.75) is 40.2 Å². The minimum Gasteiger partial charge on any atom is -0.481 e. The van der Waals surface area contributed by atoms with Gasteiger partial charge in [0.2, 0.25) is 0 Å². The molecule has 0 aliphatic carbocycles. The summed E-state index contributed by atoms with van der Waals surface area (Å²) in [5.41, 5.74) is 0.219. The lowest BCUT2D eigenvalue weighted by Crippen LogP contribution is -2.41. The summed E-state index contributed by atoms with van der Waals surface area (Å²) in [6.45, 7) is 12.9. The van der Waals surface area contributed by atoms with Crippen LogP contribution in [-0.2, 0) is 4.79 Å². The second-order valence-corrected chi connectivity index (χ2v) is 6.92. The first-order valence-electron chi connectivity index (χ1n) is 6.84. The summed E-state index contributed by atoms with van der Waals surface area (Å²) >= 11 is 0. The van der Waals surface area contributed by atoms with Crippen LogP contribution >= 0.6 is 0 Å². The number of hydrogen-bond acceptors (Lipinski definition) is 3. The van der Waals surface area contributed by atoms with Crippen LogP contribution in [0, 0.1) is 11.3 Å². The van der Waals surface area contributed by atoms with Gasteiger partial charge in [0.1, 0.15) is 0 Å². The third-order valence-electron chi connectivity index (χ3n) is 3.45.